The van der Waals surface area contributed by atoms with Crippen LogP contribution in [0, 0.1) is 5.92 Å². The molecule has 1 aliphatic rings. The van der Waals surface area contributed by atoms with E-state index in [1.54, 1.807) is 7.11 Å². The second-order valence-electron chi connectivity index (χ2n) is 5.96. The summed E-state index contributed by atoms with van der Waals surface area (Å²) in [4.78, 5) is 4.64. The first-order valence-electron chi connectivity index (χ1n) is 7.91. The maximum Gasteiger partial charge on any atom is 0.124 e. The number of benzene rings is 1. The van der Waals surface area contributed by atoms with Crippen LogP contribution in [0.3, 0.4) is 0 Å². The van der Waals surface area contributed by atoms with E-state index in [1.165, 1.54) is 38.5 Å². The summed E-state index contributed by atoms with van der Waals surface area (Å²) < 4.78 is 7.55. The number of aryl methyl sites for hydroxylation is 1. The van der Waals surface area contributed by atoms with E-state index in [9.17, 15) is 0 Å². The molecule has 3 nitrogen and oxygen atoms in total. The van der Waals surface area contributed by atoms with E-state index in [0.717, 1.165) is 35.1 Å². The number of aromatic nitrogens is 2. The number of hydrogen-bond donors (Lipinski definition) is 0. The first-order chi connectivity index (χ1) is 10.3. The van der Waals surface area contributed by atoms with Crippen LogP contribution in [0.5, 0.6) is 5.75 Å². The van der Waals surface area contributed by atoms with Crippen molar-refractivity contribution in [1.29, 1.82) is 0 Å². The molecular formula is C17H23ClN2O. The quantitative estimate of drug-likeness (QED) is 0.720. The highest BCUT2D eigenvalue weighted by Crippen LogP contribution is 2.29. The SMILES string of the molecule is COc1ccc2c(c1)nc(CCl)n2CCCC1CCCC1. The molecule has 21 heavy (non-hydrogen) atoms. The van der Waals surface area contributed by atoms with Crippen LogP contribution in [0.2, 0.25) is 0 Å². The molecular weight excluding hydrogens is 284 g/mol. The molecule has 1 aliphatic carbocycles. The number of imidazole rings is 1. The summed E-state index contributed by atoms with van der Waals surface area (Å²) in [6.45, 7) is 1.02. The van der Waals surface area contributed by atoms with E-state index in [2.05, 4.69) is 15.6 Å². The highest BCUT2D eigenvalue weighted by atomic mass is 35.5. The molecule has 0 bridgehead atoms. The maximum atomic E-state index is 6.07. The summed E-state index contributed by atoms with van der Waals surface area (Å²) in [5.41, 5.74) is 2.14. The number of rotatable bonds is 6. The second-order valence-corrected chi connectivity index (χ2v) is 6.23. The molecule has 2 aromatic rings. The zero-order valence-electron chi connectivity index (χ0n) is 12.6. The van der Waals surface area contributed by atoms with Gasteiger partial charge in [0.05, 0.1) is 24.0 Å². The molecule has 0 unspecified atom stereocenters. The van der Waals surface area contributed by atoms with Gasteiger partial charge in [-0.05, 0) is 30.9 Å². The summed E-state index contributed by atoms with van der Waals surface area (Å²) in [7, 11) is 1.68. The first kappa shape index (κ1) is 14.7. The molecule has 1 saturated carbocycles. The van der Waals surface area contributed by atoms with E-state index in [0.29, 0.717) is 5.88 Å². The molecule has 3 rings (SSSR count). The first-order valence-corrected chi connectivity index (χ1v) is 8.44. The van der Waals surface area contributed by atoms with Gasteiger partial charge in [-0.25, -0.2) is 4.98 Å². The average molecular weight is 307 g/mol. The van der Waals surface area contributed by atoms with Gasteiger partial charge in [0.25, 0.3) is 0 Å². The van der Waals surface area contributed by atoms with E-state index >= 15 is 0 Å². The third kappa shape index (κ3) is 3.18. The zero-order chi connectivity index (χ0) is 14.7. The lowest BCUT2D eigenvalue weighted by Gasteiger charge is -2.11. The van der Waals surface area contributed by atoms with Crippen molar-refractivity contribution in [2.45, 2.75) is 50.9 Å². The third-order valence-corrected chi connectivity index (χ3v) is 4.86. The number of nitrogens with zero attached hydrogens (tertiary/aromatic N) is 2. The summed E-state index contributed by atoms with van der Waals surface area (Å²) in [5, 5.41) is 0. The molecule has 1 aromatic heterocycles. The van der Waals surface area contributed by atoms with Crippen LogP contribution in [-0.2, 0) is 12.4 Å². The van der Waals surface area contributed by atoms with E-state index in [4.69, 9.17) is 16.3 Å². The Hall–Kier alpha value is -1.22. The van der Waals surface area contributed by atoms with Crippen LogP contribution >= 0.6 is 11.6 Å². The topological polar surface area (TPSA) is 27.1 Å². The van der Waals surface area contributed by atoms with Crippen molar-refractivity contribution in [3.8, 4) is 5.75 Å². The largest absolute Gasteiger partial charge is 0.497 e. The van der Waals surface area contributed by atoms with Gasteiger partial charge in [-0.3, -0.25) is 0 Å². The Bertz CT molecular complexity index is 602. The molecule has 0 radical (unpaired) electrons. The van der Waals surface area contributed by atoms with Gasteiger partial charge in [0, 0.05) is 12.6 Å². The number of fused-ring (bicyclic) bond motifs is 1. The normalized spacial score (nSPS) is 15.9. The molecule has 0 atom stereocenters. The molecule has 0 amide bonds. The van der Waals surface area contributed by atoms with Crippen molar-refractivity contribution in [2.75, 3.05) is 7.11 Å². The van der Waals surface area contributed by atoms with Crippen molar-refractivity contribution in [3.63, 3.8) is 0 Å². The lowest BCUT2D eigenvalue weighted by atomic mass is 10.0. The molecule has 0 saturated heterocycles. The fraction of sp³-hybridized carbons (Fsp3) is 0.588. The van der Waals surface area contributed by atoms with Crippen LogP contribution in [0.25, 0.3) is 11.0 Å². The van der Waals surface area contributed by atoms with E-state index < -0.39 is 0 Å². The molecule has 0 N–H and O–H groups in total. The Morgan fingerprint density at radius 2 is 2.14 bits per heavy atom. The smallest absolute Gasteiger partial charge is 0.124 e. The van der Waals surface area contributed by atoms with Crippen molar-refractivity contribution in [2.24, 2.45) is 5.92 Å². The van der Waals surface area contributed by atoms with Gasteiger partial charge in [-0.2, -0.15) is 0 Å². The third-order valence-electron chi connectivity index (χ3n) is 4.62. The summed E-state index contributed by atoms with van der Waals surface area (Å²) >= 11 is 6.07. The van der Waals surface area contributed by atoms with Gasteiger partial charge >= 0.3 is 0 Å². The summed E-state index contributed by atoms with van der Waals surface area (Å²) in [6, 6.07) is 6.07. The molecule has 4 heteroatoms. The Kier molecular flexibility index (Phi) is 4.69. The van der Waals surface area contributed by atoms with E-state index in [-0.39, 0.29) is 0 Å². The lowest BCUT2D eigenvalue weighted by Crippen LogP contribution is -2.04. The standard InChI is InChI=1S/C17H23ClN2O/c1-21-14-8-9-16-15(11-14)19-17(12-18)20(16)10-4-7-13-5-2-3-6-13/h8-9,11,13H,2-7,10,12H2,1H3. The predicted octanol–water partition coefficient (Wildman–Crippen LogP) is 4.75. The van der Waals surface area contributed by atoms with Crippen molar-refractivity contribution >= 4 is 22.6 Å². The fourth-order valence-electron chi connectivity index (χ4n) is 3.48. The minimum Gasteiger partial charge on any atom is -0.497 e. The summed E-state index contributed by atoms with van der Waals surface area (Å²) in [5.74, 6) is 3.21. The van der Waals surface area contributed by atoms with Crippen molar-refractivity contribution < 1.29 is 4.74 Å². The Balaban J connectivity index is 1.75. The number of ether oxygens (including phenoxy) is 1. The Labute approximate surface area is 131 Å². The molecule has 0 spiro atoms. The van der Waals surface area contributed by atoms with Gasteiger partial charge in [0.1, 0.15) is 11.6 Å². The maximum absolute atomic E-state index is 6.07. The Morgan fingerprint density at radius 3 is 2.86 bits per heavy atom. The van der Waals surface area contributed by atoms with Gasteiger partial charge < -0.3 is 9.30 Å². The summed E-state index contributed by atoms with van der Waals surface area (Å²) in [6.07, 6.45) is 8.23. The molecule has 0 aliphatic heterocycles. The van der Waals surface area contributed by atoms with Crippen molar-refractivity contribution in [3.05, 3.63) is 24.0 Å². The number of hydrogen-bond acceptors (Lipinski definition) is 2. The highest BCUT2D eigenvalue weighted by molar-refractivity contribution is 6.16. The second kappa shape index (κ2) is 6.69. The number of halogens is 1. The molecule has 1 heterocycles. The van der Waals surface area contributed by atoms with Gasteiger partial charge in [0.15, 0.2) is 0 Å². The van der Waals surface area contributed by atoms with Crippen LogP contribution < -0.4 is 4.74 Å². The number of alkyl halides is 1. The minimum atomic E-state index is 0.459. The molecule has 1 fully saturated rings. The van der Waals surface area contributed by atoms with Crippen LogP contribution in [0.4, 0.5) is 0 Å². The average Bonchev–Trinajstić information content (AvgIpc) is 3.14. The minimum absolute atomic E-state index is 0.459. The highest BCUT2D eigenvalue weighted by Gasteiger charge is 2.15. The van der Waals surface area contributed by atoms with Crippen LogP contribution in [-0.4, -0.2) is 16.7 Å². The van der Waals surface area contributed by atoms with E-state index in [1.807, 2.05) is 12.1 Å². The lowest BCUT2D eigenvalue weighted by molar-refractivity contribution is 0.415. The molecule has 1 aromatic carbocycles. The van der Waals surface area contributed by atoms with Gasteiger partial charge in [-0.15, -0.1) is 11.6 Å². The van der Waals surface area contributed by atoms with Crippen LogP contribution in [0.15, 0.2) is 18.2 Å². The predicted molar refractivity (Wildman–Crippen MR) is 87.0 cm³/mol. The zero-order valence-corrected chi connectivity index (χ0v) is 13.4. The van der Waals surface area contributed by atoms with Gasteiger partial charge in [-0.1, -0.05) is 25.7 Å². The fourth-order valence-corrected chi connectivity index (χ4v) is 3.68. The van der Waals surface area contributed by atoms with Crippen LogP contribution in [0.1, 0.15) is 44.3 Å². The Morgan fingerprint density at radius 1 is 1.33 bits per heavy atom. The van der Waals surface area contributed by atoms with Crippen molar-refractivity contribution in [1.82, 2.24) is 9.55 Å². The monoisotopic (exact) mass is 306 g/mol. The van der Waals surface area contributed by atoms with Gasteiger partial charge in [0.2, 0.25) is 0 Å². The number of methoxy groups -OCH3 is 1. The molecule has 114 valence electrons.